The van der Waals surface area contributed by atoms with Crippen molar-refractivity contribution in [3.8, 4) is 0 Å². The smallest absolute Gasteiger partial charge is 0.00466 e. The van der Waals surface area contributed by atoms with Crippen LogP contribution in [0.4, 0.5) is 0 Å². The van der Waals surface area contributed by atoms with Gasteiger partial charge in [0.05, 0.1) is 0 Å². The minimum atomic E-state index is 0.430. The van der Waals surface area contributed by atoms with Crippen LogP contribution >= 0.6 is 0 Å². The molecule has 0 aromatic rings. The van der Waals surface area contributed by atoms with Crippen LogP contribution in [0.1, 0.15) is 33.1 Å². The first-order chi connectivity index (χ1) is 5.21. The van der Waals surface area contributed by atoms with Gasteiger partial charge in [-0.05, 0) is 37.5 Å². The number of hydrogen-bond donors (Lipinski definition) is 0. The highest BCUT2D eigenvalue weighted by Gasteiger charge is 2.39. The fourth-order valence-corrected chi connectivity index (χ4v) is 1.72. The van der Waals surface area contributed by atoms with Crippen LogP contribution in [0.15, 0.2) is 23.8 Å². The molecule has 0 aromatic heterocycles. The Hall–Kier alpha value is -0.520. The van der Waals surface area contributed by atoms with Gasteiger partial charge in [0, 0.05) is 0 Å². The van der Waals surface area contributed by atoms with E-state index in [2.05, 4.69) is 32.1 Å². The topological polar surface area (TPSA) is 0 Å². The molecular formula is C11H15. The summed E-state index contributed by atoms with van der Waals surface area (Å²) in [4.78, 5) is 0. The van der Waals surface area contributed by atoms with Gasteiger partial charge in [0.1, 0.15) is 0 Å². The molecule has 1 radical (unpaired) electrons. The Morgan fingerprint density at radius 3 is 2.55 bits per heavy atom. The quantitative estimate of drug-likeness (QED) is 0.534. The third kappa shape index (κ3) is 1.26. The van der Waals surface area contributed by atoms with Crippen molar-refractivity contribution in [2.75, 3.05) is 0 Å². The van der Waals surface area contributed by atoms with E-state index in [1.165, 1.54) is 24.8 Å². The van der Waals surface area contributed by atoms with Gasteiger partial charge < -0.3 is 0 Å². The summed E-state index contributed by atoms with van der Waals surface area (Å²) in [7, 11) is 0. The lowest BCUT2D eigenvalue weighted by Gasteiger charge is -2.26. The van der Waals surface area contributed by atoms with Crippen molar-refractivity contribution in [2.24, 2.45) is 5.41 Å². The SMILES string of the molecule is CC1=CCC(C)([C]2CC2)C=C1. The summed E-state index contributed by atoms with van der Waals surface area (Å²) in [6, 6.07) is 0. The van der Waals surface area contributed by atoms with E-state index in [0.29, 0.717) is 5.41 Å². The number of allylic oxidation sites excluding steroid dienone is 4. The number of rotatable bonds is 1. The molecule has 0 spiro atoms. The van der Waals surface area contributed by atoms with Gasteiger partial charge in [-0.2, -0.15) is 0 Å². The van der Waals surface area contributed by atoms with Crippen LogP contribution in [-0.2, 0) is 0 Å². The number of hydrogen-bond acceptors (Lipinski definition) is 0. The van der Waals surface area contributed by atoms with Gasteiger partial charge in [0.2, 0.25) is 0 Å². The predicted octanol–water partition coefficient (Wildman–Crippen LogP) is 3.27. The van der Waals surface area contributed by atoms with Gasteiger partial charge >= 0.3 is 0 Å². The molecule has 2 aliphatic carbocycles. The molecule has 59 valence electrons. The molecule has 1 atom stereocenters. The van der Waals surface area contributed by atoms with E-state index in [1.807, 2.05) is 0 Å². The molecule has 0 aromatic carbocycles. The van der Waals surface area contributed by atoms with Gasteiger partial charge in [-0.1, -0.05) is 30.7 Å². The zero-order valence-corrected chi connectivity index (χ0v) is 7.35. The zero-order valence-electron chi connectivity index (χ0n) is 7.35. The third-order valence-corrected chi connectivity index (χ3v) is 2.87. The summed E-state index contributed by atoms with van der Waals surface area (Å²) >= 11 is 0. The second kappa shape index (κ2) is 2.23. The van der Waals surface area contributed by atoms with Crippen LogP contribution in [0, 0.1) is 11.3 Å². The first-order valence-corrected chi connectivity index (χ1v) is 4.42. The molecule has 11 heavy (non-hydrogen) atoms. The molecule has 0 bridgehead atoms. The van der Waals surface area contributed by atoms with E-state index >= 15 is 0 Å². The average molecular weight is 147 g/mol. The molecule has 0 heterocycles. The molecule has 0 heteroatoms. The van der Waals surface area contributed by atoms with Crippen LogP contribution in [0.5, 0.6) is 0 Å². The van der Waals surface area contributed by atoms with Crippen molar-refractivity contribution in [1.29, 1.82) is 0 Å². The minimum absolute atomic E-state index is 0.430. The molecule has 0 amide bonds. The summed E-state index contributed by atoms with van der Waals surface area (Å²) in [6.07, 6.45) is 11.0. The molecule has 2 aliphatic rings. The molecule has 2 rings (SSSR count). The zero-order chi connectivity index (χ0) is 7.90. The largest absolute Gasteiger partial charge is 0.0807 e. The Labute approximate surface area is 69.0 Å². The Morgan fingerprint density at radius 1 is 1.36 bits per heavy atom. The fraction of sp³-hybridized carbons (Fsp3) is 0.545. The van der Waals surface area contributed by atoms with Crippen molar-refractivity contribution >= 4 is 0 Å². The normalized spacial score (nSPS) is 37.1. The van der Waals surface area contributed by atoms with E-state index in [9.17, 15) is 0 Å². The maximum atomic E-state index is 2.38. The van der Waals surface area contributed by atoms with Gasteiger partial charge in [0.25, 0.3) is 0 Å². The Morgan fingerprint density at radius 2 is 2.09 bits per heavy atom. The van der Waals surface area contributed by atoms with E-state index in [-0.39, 0.29) is 0 Å². The highest BCUT2D eigenvalue weighted by Crippen LogP contribution is 2.52. The second-order valence-electron chi connectivity index (χ2n) is 4.01. The van der Waals surface area contributed by atoms with Gasteiger partial charge in [-0.3, -0.25) is 0 Å². The summed E-state index contributed by atoms with van der Waals surface area (Å²) < 4.78 is 0. The monoisotopic (exact) mass is 147 g/mol. The van der Waals surface area contributed by atoms with E-state index < -0.39 is 0 Å². The Kier molecular flexibility index (Phi) is 1.45. The molecule has 0 N–H and O–H groups in total. The first-order valence-electron chi connectivity index (χ1n) is 4.42. The van der Waals surface area contributed by atoms with Crippen LogP contribution in [-0.4, -0.2) is 0 Å². The minimum Gasteiger partial charge on any atom is -0.0807 e. The van der Waals surface area contributed by atoms with Gasteiger partial charge in [-0.15, -0.1) is 0 Å². The fourth-order valence-electron chi connectivity index (χ4n) is 1.72. The molecule has 0 nitrogen and oxygen atoms in total. The van der Waals surface area contributed by atoms with Crippen molar-refractivity contribution in [2.45, 2.75) is 33.1 Å². The maximum Gasteiger partial charge on any atom is -0.00466 e. The summed E-state index contributed by atoms with van der Waals surface area (Å²) in [6.45, 7) is 4.53. The third-order valence-electron chi connectivity index (χ3n) is 2.87. The summed E-state index contributed by atoms with van der Waals surface area (Å²) in [5.74, 6) is 1.75. The molecule has 1 saturated carbocycles. The molecule has 1 unspecified atom stereocenters. The van der Waals surface area contributed by atoms with E-state index in [0.717, 1.165) is 0 Å². The molecule has 0 aliphatic heterocycles. The second-order valence-corrected chi connectivity index (χ2v) is 4.01. The van der Waals surface area contributed by atoms with Crippen molar-refractivity contribution in [3.63, 3.8) is 0 Å². The average Bonchev–Trinajstić information content (AvgIpc) is 2.77. The lowest BCUT2D eigenvalue weighted by atomic mass is 9.78. The van der Waals surface area contributed by atoms with Crippen molar-refractivity contribution in [3.05, 3.63) is 29.7 Å². The van der Waals surface area contributed by atoms with Gasteiger partial charge in [0.15, 0.2) is 0 Å². The van der Waals surface area contributed by atoms with E-state index in [1.54, 1.807) is 5.92 Å². The molecular weight excluding hydrogens is 132 g/mol. The lowest BCUT2D eigenvalue weighted by molar-refractivity contribution is 0.491. The highest BCUT2D eigenvalue weighted by molar-refractivity contribution is 5.33. The maximum absolute atomic E-state index is 2.38. The van der Waals surface area contributed by atoms with Crippen LogP contribution in [0.2, 0.25) is 0 Å². The van der Waals surface area contributed by atoms with Crippen LogP contribution in [0.3, 0.4) is 0 Å². The summed E-state index contributed by atoms with van der Waals surface area (Å²) in [5.41, 5.74) is 1.85. The van der Waals surface area contributed by atoms with Gasteiger partial charge in [-0.25, -0.2) is 0 Å². The summed E-state index contributed by atoms with van der Waals surface area (Å²) in [5, 5.41) is 0. The predicted molar refractivity (Wildman–Crippen MR) is 48.1 cm³/mol. The van der Waals surface area contributed by atoms with Crippen molar-refractivity contribution < 1.29 is 0 Å². The Bertz CT molecular complexity index is 218. The lowest BCUT2D eigenvalue weighted by Crippen LogP contribution is -2.15. The highest BCUT2D eigenvalue weighted by atomic mass is 14.4. The van der Waals surface area contributed by atoms with E-state index in [4.69, 9.17) is 0 Å². The van der Waals surface area contributed by atoms with Crippen molar-refractivity contribution in [1.82, 2.24) is 0 Å². The Balaban J connectivity index is 2.13. The van der Waals surface area contributed by atoms with Crippen LogP contribution < -0.4 is 0 Å². The van der Waals surface area contributed by atoms with Crippen LogP contribution in [0.25, 0.3) is 0 Å². The molecule has 1 fully saturated rings. The molecule has 0 saturated heterocycles. The standard InChI is InChI=1S/C11H15/c1-9-5-7-11(2,8-6-9)10-3-4-10/h5-7H,3-4,8H2,1-2H3. The first kappa shape index (κ1) is 7.15.